The van der Waals surface area contributed by atoms with E-state index in [1.807, 2.05) is 13.0 Å². The zero-order valence-electron chi connectivity index (χ0n) is 8.46. The van der Waals surface area contributed by atoms with Crippen LogP contribution in [0.1, 0.15) is 24.9 Å². The molecule has 0 fully saturated rings. The highest BCUT2D eigenvalue weighted by molar-refractivity contribution is 5.20. The second-order valence-electron chi connectivity index (χ2n) is 3.34. The third kappa shape index (κ3) is 3.09. The van der Waals surface area contributed by atoms with Crippen LogP contribution < -0.4 is 11.1 Å². The van der Waals surface area contributed by atoms with Crippen molar-refractivity contribution in [1.29, 1.82) is 0 Å². The quantitative estimate of drug-likeness (QED) is 0.705. The number of rotatable bonds is 5. The second-order valence-corrected chi connectivity index (χ2v) is 3.34. The molecule has 1 rings (SSSR count). The lowest BCUT2D eigenvalue weighted by Crippen LogP contribution is -2.22. The first-order valence-corrected chi connectivity index (χ1v) is 4.93. The Morgan fingerprint density at radius 2 is 2.14 bits per heavy atom. The molecule has 0 heterocycles. The van der Waals surface area contributed by atoms with Crippen LogP contribution in [-0.2, 0) is 0 Å². The summed E-state index contributed by atoms with van der Waals surface area (Å²) in [4.78, 5) is 0. The maximum Gasteiger partial charge on any atom is 0.127 e. The van der Waals surface area contributed by atoms with Crippen molar-refractivity contribution in [2.45, 2.75) is 19.4 Å². The Morgan fingerprint density at radius 3 is 2.79 bits per heavy atom. The van der Waals surface area contributed by atoms with Gasteiger partial charge in [0.1, 0.15) is 5.82 Å². The molecule has 0 aliphatic heterocycles. The van der Waals surface area contributed by atoms with Gasteiger partial charge in [-0.05, 0) is 32.5 Å². The van der Waals surface area contributed by atoms with Crippen molar-refractivity contribution < 1.29 is 4.39 Å². The van der Waals surface area contributed by atoms with E-state index < -0.39 is 0 Å². The van der Waals surface area contributed by atoms with E-state index >= 15 is 0 Å². The predicted molar refractivity (Wildman–Crippen MR) is 56.5 cm³/mol. The molecule has 3 N–H and O–H groups in total. The molecule has 78 valence electrons. The summed E-state index contributed by atoms with van der Waals surface area (Å²) in [6.07, 6.45) is 0.915. The summed E-state index contributed by atoms with van der Waals surface area (Å²) in [5.74, 6) is -0.153. The minimum Gasteiger partial charge on any atom is -0.330 e. The van der Waals surface area contributed by atoms with Gasteiger partial charge in [0.05, 0.1) is 0 Å². The summed E-state index contributed by atoms with van der Waals surface area (Å²) in [6, 6.07) is 6.87. The van der Waals surface area contributed by atoms with Crippen molar-refractivity contribution in [2.24, 2.45) is 5.73 Å². The van der Waals surface area contributed by atoms with Crippen LogP contribution in [0.5, 0.6) is 0 Å². The largest absolute Gasteiger partial charge is 0.330 e. The molecular weight excluding hydrogens is 179 g/mol. The van der Waals surface area contributed by atoms with Gasteiger partial charge < -0.3 is 11.1 Å². The van der Waals surface area contributed by atoms with E-state index in [0.29, 0.717) is 12.1 Å². The fourth-order valence-electron chi connectivity index (χ4n) is 1.36. The lowest BCUT2D eigenvalue weighted by atomic mass is 10.1. The van der Waals surface area contributed by atoms with Gasteiger partial charge in [-0.25, -0.2) is 4.39 Å². The van der Waals surface area contributed by atoms with Gasteiger partial charge in [-0.15, -0.1) is 0 Å². The molecule has 14 heavy (non-hydrogen) atoms. The van der Waals surface area contributed by atoms with Gasteiger partial charge in [-0.2, -0.15) is 0 Å². The smallest absolute Gasteiger partial charge is 0.127 e. The summed E-state index contributed by atoms with van der Waals surface area (Å²) < 4.78 is 13.3. The molecule has 0 aromatic heterocycles. The van der Waals surface area contributed by atoms with Crippen LogP contribution in [0.3, 0.4) is 0 Å². The van der Waals surface area contributed by atoms with Crippen molar-refractivity contribution in [2.75, 3.05) is 13.1 Å². The maximum absolute atomic E-state index is 13.3. The Morgan fingerprint density at radius 1 is 1.43 bits per heavy atom. The van der Waals surface area contributed by atoms with Gasteiger partial charge in [-0.1, -0.05) is 18.2 Å². The first kappa shape index (κ1) is 11.1. The van der Waals surface area contributed by atoms with Crippen molar-refractivity contribution in [3.63, 3.8) is 0 Å². The fourth-order valence-corrected chi connectivity index (χ4v) is 1.36. The van der Waals surface area contributed by atoms with Crippen LogP contribution in [0.25, 0.3) is 0 Å². The zero-order valence-corrected chi connectivity index (χ0v) is 8.46. The standard InChI is InChI=1S/C11H17FN2/c1-9(14-8-4-7-13)10-5-2-3-6-11(10)12/h2-3,5-6,9,14H,4,7-8,13H2,1H3/t9-/m1/s1. The molecule has 1 atom stereocenters. The molecule has 0 bridgehead atoms. The van der Waals surface area contributed by atoms with Crippen LogP contribution in [0.15, 0.2) is 24.3 Å². The van der Waals surface area contributed by atoms with E-state index in [1.165, 1.54) is 6.07 Å². The van der Waals surface area contributed by atoms with E-state index in [2.05, 4.69) is 5.32 Å². The molecule has 0 unspecified atom stereocenters. The summed E-state index contributed by atoms with van der Waals surface area (Å²) in [6.45, 7) is 3.44. The highest BCUT2D eigenvalue weighted by Gasteiger charge is 2.08. The number of hydrogen-bond acceptors (Lipinski definition) is 2. The van der Waals surface area contributed by atoms with Crippen LogP contribution >= 0.6 is 0 Å². The van der Waals surface area contributed by atoms with E-state index in [1.54, 1.807) is 12.1 Å². The molecule has 0 spiro atoms. The second kappa shape index (κ2) is 5.73. The van der Waals surface area contributed by atoms with Gasteiger partial charge in [0.2, 0.25) is 0 Å². The van der Waals surface area contributed by atoms with E-state index in [4.69, 9.17) is 5.73 Å². The number of halogens is 1. The van der Waals surface area contributed by atoms with Crippen molar-refractivity contribution in [1.82, 2.24) is 5.32 Å². The summed E-state index contributed by atoms with van der Waals surface area (Å²) in [5.41, 5.74) is 6.08. The normalized spacial score (nSPS) is 12.8. The number of nitrogens with two attached hydrogens (primary N) is 1. The third-order valence-electron chi connectivity index (χ3n) is 2.20. The summed E-state index contributed by atoms with van der Waals surface area (Å²) >= 11 is 0. The molecular formula is C11H17FN2. The van der Waals surface area contributed by atoms with Crippen LogP contribution in [-0.4, -0.2) is 13.1 Å². The highest BCUT2D eigenvalue weighted by atomic mass is 19.1. The van der Waals surface area contributed by atoms with E-state index in [9.17, 15) is 4.39 Å². The Hall–Kier alpha value is -0.930. The monoisotopic (exact) mass is 196 g/mol. The highest BCUT2D eigenvalue weighted by Crippen LogP contribution is 2.15. The number of nitrogens with one attached hydrogen (secondary N) is 1. The number of hydrogen-bond donors (Lipinski definition) is 2. The third-order valence-corrected chi connectivity index (χ3v) is 2.20. The average molecular weight is 196 g/mol. The number of benzene rings is 1. The minimum absolute atomic E-state index is 0.0442. The Labute approximate surface area is 84.3 Å². The van der Waals surface area contributed by atoms with Gasteiger partial charge >= 0.3 is 0 Å². The van der Waals surface area contributed by atoms with Crippen LogP contribution in [0, 0.1) is 5.82 Å². The fraction of sp³-hybridized carbons (Fsp3) is 0.455. The Bertz CT molecular complexity index is 276. The zero-order chi connectivity index (χ0) is 10.4. The molecule has 0 radical (unpaired) electrons. The van der Waals surface area contributed by atoms with Crippen molar-refractivity contribution >= 4 is 0 Å². The van der Waals surface area contributed by atoms with Gasteiger partial charge in [0.25, 0.3) is 0 Å². The molecule has 1 aromatic carbocycles. The first-order chi connectivity index (χ1) is 6.75. The molecule has 0 aliphatic rings. The van der Waals surface area contributed by atoms with E-state index in [0.717, 1.165) is 13.0 Å². The SMILES string of the molecule is C[C@@H](NCCCN)c1ccccc1F. The topological polar surface area (TPSA) is 38.0 Å². The molecule has 1 aromatic rings. The van der Waals surface area contributed by atoms with Gasteiger partial charge in [0, 0.05) is 11.6 Å². The van der Waals surface area contributed by atoms with Crippen LogP contribution in [0.4, 0.5) is 4.39 Å². The minimum atomic E-state index is -0.153. The molecule has 3 heteroatoms. The summed E-state index contributed by atoms with van der Waals surface area (Å²) in [7, 11) is 0. The van der Waals surface area contributed by atoms with Crippen molar-refractivity contribution in [3.8, 4) is 0 Å². The molecule has 0 aliphatic carbocycles. The van der Waals surface area contributed by atoms with E-state index in [-0.39, 0.29) is 11.9 Å². The summed E-state index contributed by atoms with van der Waals surface area (Å²) in [5, 5.41) is 3.22. The maximum atomic E-state index is 13.3. The van der Waals surface area contributed by atoms with Crippen LogP contribution in [0.2, 0.25) is 0 Å². The Kier molecular flexibility index (Phi) is 4.56. The van der Waals surface area contributed by atoms with Gasteiger partial charge in [-0.3, -0.25) is 0 Å². The lowest BCUT2D eigenvalue weighted by molar-refractivity contribution is 0.523. The molecule has 0 saturated heterocycles. The predicted octanol–water partition coefficient (Wildman–Crippen LogP) is 1.83. The average Bonchev–Trinajstić information content (AvgIpc) is 2.18. The molecule has 0 amide bonds. The lowest BCUT2D eigenvalue weighted by Gasteiger charge is -2.14. The van der Waals surface area contributed by atoms with Crippen molar-refractivity contribution in [3.05, 3.63) is 35.6 Å². The first-order valence-electron chi connectivity index (χ1n) is 4.93. The molecule has 2 nitrogen and oxygen atoms in total. The van der Waals surface area contributed by atoms with Gasteiger partial charge in [0.15, 0.2) is 0 Å². The molecule has 0 saturated carbocycles. The Balaban J connectivity index is 2.51.